The van der Waals surface area contributed by atoms with Crippen LogP contribution in [-0.4, -0.2) is 16.5 Å². The molecule has 0 unspecified atom stereocenters. The fourth-order valence-corrected chi connectivity index (χ4v) is 2.12. The molecule has 0 fully saturated rings. The molecule has 0 aliphatic heterocycles. The monoisotopic (exact) mass is 285 g/mol. The molecule has 0 bridgehead atoms. The molecule has 2 rings (SSSR count). The summed E-state index contributed by atoms with van der Waals surface area (Å²) in [5, 5.41) is 3.35. The van der Waals surface area contributed by atoms with E-state index in [2.05, 4.69) is 49.0 Å². The summed E-state index contributed by atoms with van der Waals surface area (Å²) in [6, 6.07) is 6.11. The maximum Gasteiger partial charge on any atom is 0.238 e. The molecule has 0 aliphatic rings. The standard InChI is InChI=1S/C17H23N3O/c1-12(2)8-18-9-15-10-19-11-17(20-15)21-16-6-13(3)5-14(4)7-16/h5-7,10-12,18H,8-9H2,1-4H3. The van der Waals surface area contributed by atoms with Crippen molar-refractivity contribution in [3.05, 3.63) is 47.4 Å². The maximum absolute atomic E-state index is 5.81. The van der Waals surface area contributed by atoms with Crippen LogP contribution in [0.3, 0.4) is 0 Å². The molecule has 0 spiro atoms. The number of nitrogens with one attached hydrogen (secondary N) is 1. The fourth-order valence-electron chi connectivity index (χ4n) is 2.12. The van der Waals surface area contributed by atoms with Crippen LogP contribution in [0.1, 0.15) is 30.7 Å². The Morgan fingerprint density at radius 2 is 1.81 bits per heavy atom. The van der Waals surface area contributed by atoms with Crippen LogP contribution in [0.5, 0.6) is 11.6 Å². The van der Waals surface area contributed by atoms with Gasteiger partial charge >= 0.3 is 0 Å². The SMILES string of the molecule is Cc1cc(C)cc(Oc2cncc(CNCC(C)C)n2)c1. The Hall–Kier alpha value is -1.94. The second-order valence-corrected chi connectivity index (χ2v) is 5.80. The van der Waals surface area contributed by atoms with Gasteiger partial charge in [-0.1, -0.05) is 19.9 Å². The minimum atomic E-state index is 0.531. The quantitative estimate of drug-likeness (QED) is 0.880. The van der Waals surface area contributed by atoms with E-state index < -0.39 is 0 Å². The Morgan fingerprint density at radius 1 is 1.10 bits per heavy atom. The number of aryl methyl sites for hydroxylation is 2. The lowest BCUT2D eigenvalue weighted by atomic mass is 10.1. The predicted molar refractivity (Wildman–Crippen MR) is 84.6 cm³/mol. The molecule has 1 heterocycles. The first-order valence-electron chi connectivity index (χ1n) is 7.30. The van der Waals surface area contributed by atoms with E-state index in [9.17, 15) is 0 Å². The van der Waals surface area contributed by atoms with Gasteiger partial charge in [-0.2, -0.15) is 0 Å². The maximum atomic E-state index is 5.81. The number of rotatable bonds is 6. The van der Waals surface area contributed by atoms with Crippen molar-refractivity contribution in [3.8, 4) is 11.6 Å². The van der Waals surface area contributed by atoms with Crippen molar-refractivity contribution in [2.75, 3.05) is 6.54 Å². The van der Waals surface area contributed by atoms with Crippen molar-refractivity contribution in [3.63, 3.8) is 0 Å². The van der Waals surface area contributed by atoms with Gasteiger partial charge in [0.25, 0.3) is 0 Å². The summed E-state index contributed by atoms with van der Waals surface area (Å²) >= 11 is 0. The highest BCUT2D eigenvalue weighted by molar-refractivity contribution is 5.35. The van der Waals surface area contributed by atoms with Crippen molar-refractivity contribution in [2.45, 2.75) is 34.2 Å². The van der Waals surface area contributed by atoms with E-state index in [1.807, 2.05) is 12.1 Å². The molecule has 0 saturated heterocycles. The van der Waals surface area contributed by atoms with Crippen LogP contribution in [0.15, 0.2) is 30.6 Å². The summed E-state index contributed by atoms with van der Waals surface area (Å²) in [5.74, 6) is 1.95. The molecule has 1 N–H and O–H groups in total. The van der Waals surface area contributed by atoms with Gasteiger partial charge < -0.3 is 10.1 Å². The smallest absolute Gasteiger partial charge is 0.238 e. The number of ether oxygens (including phenoxy) is 1. The average Bonchev–Trinajstić information content (AvgIpc) is 2.37. The summed E-state index contributed by atoms with van der Waals surface area (Å²) < 4.78 is 5.81. The second kappa shape index (κ2) is 7.18. The molecule has 0 amide bonds. The van der Waals surface area contributed by atoms with E-state index in [-0.39, 0.29) is 0 Å². The van der Waals surface area contributed by atoms with Gasteiger partial charge in [-0.25, -0.2) is 4.98 Å². The number of nitrogens with zero attached hydrogens (tertiary/aromatic N) is 2. The van der Waals surface area contributed by atoms with E-state index in [0.29, 0.717) is 18.3 Å². The molecular formula is C17H23N3O. The molecule has 4 nitrogen and oxygen atoms in total. The minimum Gasteiger partial charge on any atom is -0.437 e. The highest BCUT2D eigenvalue weighted by Crippen LogP contribution is 2.21. The lowest BCUT2D eigenvalue weighted by Gasteiger charge is -2.09. The third-order valence-electron chi connectivity index (χ3n) is 2.94. The third-order valence-corrected chi connectivity index (χ3v) is 2.94. The molecule has 0 aliphatic carbocycles. The van der Waals surface area contributed by atoms with Gasteiger partial charge in [-0.3, -0.25) is 4.98 Å². The normalized spacial score (nSPS) is 10.9. The molecule has 1 aromatic heterocycles. The fraction of sp³-hybridized carbons (Fsp3) is 0.412. The topological polar surface area (TPSA) is 47.0 Å². The van der Waals surface area contributed by atoms with Gasteiger partial charge in [-0.05, 0) is 49.6 Å². The molecule has 4 heteroatoms. The van der Waals surface area contributed by atoms with Gasteiger partial charge in [0.15, 0.2) is 0 Å². The Morgan fingerprint density at radius 3 is 2.48 bits per heavy atom. The van der Waals surface area contributed by atoms with Crippen LogP contribution in [0.25, 0.3) is 0 Å². The van der Waals surface area contributed by atoms with Gasteiger partial charge in [0, 0.05) is 12.7 Å². The van der Waals surface area contributed by atoms with E-state index in [0.717, 1.165) is 18.0 Å². The zero-order valence-electron chi connectivity index (χ0n) is 13.2. The van der Waals surface area contributed by atoms with Gasteiger partial charge in [0.05, 0.1) is 11.9 Å². The van der Waals surface area contributed by atoms with Crippen LogP contribution in [0, 0.1) is 19.8 Å². The van der Waals surface area contributed by atoms with Crippen molar-refractivity contribution in [2.24, 2.45) is 5.92 Å². The van der Waals surface area contributed by atoms with Crippen molar-refractivity contribution < 1.29 is 4.74 Å². The Balaban J connectivity index is 2.03. The Kier molecular flexibility index (Phi) is 5.28. The summed E-state index contributed by atoms with van der Waals surface area (Å²) in [7, 11) is 0. The van der Waals surface area contributed by atoms with E-state index >= 15 is 0 Å². The predicted octanol–water partition coefficient (Wildman–Crippen LogP) is 3.63. The summed E-state index contributed by atoms with van der Waals surface area (Å²) in [5.41, 5.74) is 3.23. The average molecular weight is 285 g/mol. The van der Waals surface area contributed by atoms with Crippen molar-refractivity contribution in [1.82, 2.24) is 15.3 Å². The zero-order chi connectivity index (χ0) is 15.2. The van der Waals surface area contributed by atoms with E-state index in [1.165, 1.54) is 11.1 Å². The van der Waals surface area contributed by atoms with Gasteiger partial charge in [0.1, 0.15) is 5.75 Å². The van der Waals surface area contributed by atoms with Crippen LogP contribution >= 0.6 is 0 Å². The number of hydrogen-bond donors (Lipinski definition) is 1. The molecule has 112 valence electrons. The van der Waals surface area contributed by atoms with Crippen LogP contribution in [0.2, 0.25) is 0 Å². The highest BCUT2D eigenvalue weighted by Gasteiger charge is 2.03. The summed E-state index contributed by atoms with van der Waals surface area (Å²) in [6.07, 6.45) is 3.41. The van der Waals surface area contributed by atoms with E-state index in [1.54, 1.807) is 12.4 Å². The first-order valence-corrected chi connectivity index (χ1v) is 7.30. The Labute approximate surface area is 126 Å². The molecule has 1 aromatic carbocycles. The third kappa shape index (κ3) is 5.16. The molecule has 21 heavy (non-hydrogen) atoms. The lowest BCUT2D eigenvalue weighted by Crippen LogP contribution is -2.19. The molecule has 0 saturated carbocycles. The summed E-state index contributed by atoms with van der Waals surface area (Å²) in [4.78, 5) is 8.67. The summed E-state index contributed by atoms with van der Waals surface area (Å²) in [6.45, 7) is 10.1. The van der Waals surface area contributed by atoms with Crippen LogP contribution in [0.4, 0.5) is 0 Å². The Bertz CT molecular complexity index is 576. The lowest BCUT2D eigenvalue weighted by molar-refractivity contribution is 0.454. The molecule has 2 aromatic rings. The van der Waals surface area contributed by atoms with Crippen molar-refractivity contribution >= 4 is 0 Å². The van der Waals surface area contributed by atoms with Gasteiger partial charge in [-0.15, -0.1) is 0 Å². The zero-order valence-corrected chi connectivity index (χ0v) is 13.2. The van der Waals surface area contributed by atoms with E-state index in [4.69, 9.17) is 4.74 Å². The number of aromatic nitrogens is 2. The molecular weight excluding hydrogens is 262 g/mol. The largest absolute Gasteiger partial charge is 0.437 e. The number of hydrogen-bond acceptors (Lipinski definition) is 4. The molecule has 0 radical (unpaired) electrons. The first kappa shape index (κ1) is 15.4. The van der Waals surface area contributed by atoms with Crippen LogP contribution in [-0.2, 0) is 6.54 Å². The van der Waals surface area contributed by atoms with Crippen LogP contribution < -0.4 is 10.1 Å². The number of benzene rings is 1. The second-order valence-electron chi connectivity index (χ2n) is 5.80. The molecule has 0 atom stereocenters. The highest BCUT2D eigenvalue weighted by atomic mass is 16.5. The first-order chi connectivity index (χ1) is 10.0. The van der Waals surface area contributed by atoms with Gasteiger partial charge in [0.2, 0.25) is 5.88 Å². The minimum absolute atomic E-state index is 0.531. The van der Waals surface area contributed by atoms with Crippen molar-refractivity contribution in [1.29, 1.82) is 0 Å².